The number of ether oxygens (including phenoxy) is 1. The van der Waals surface area contributed by atoms with Crippen LogP contribution in [0.5, 0.6) is 0 Å². The summed E-state index contributed by atoms with van der Waals surface area (Å²) in [7, 11) is 1.78. The Labute approximate surface area is 128 Å². The summed E-state index contributed by atoms with van der Waals surface area (Å²) in [5.41, 5.74) is 0.854. The second kappa shape index (κ2) is 5.39. The molecule has 7 nitrogen and oxygen atoms in total. The highest BCUT2D eigenvalue weighted by Crippen LogP contribution is 2.44. The van der Waals surface area contributed by atoms with Crippen molar-refractivity contribution >= 4 is 11.9 Å². The lowest BCUT2D eigenvalue weighted by atomic mass is 9.72. The molecule has 2 fully saturated rings. The summed E-state index contributed by atoms with van der Waals surface area (Å²) >= 11 is 0. The normalized spacial score (nSPS) is 23.9. The summed E-state index contributed by atoms with van der Waals surface area (Å²) in [6.07, 6.45) is 2.99. The summed E-state index contributed by atoms with van der Waals surface area (Å²) in [6, 6.07) is 0. The zero-order valence-corrected chi connectivity index (χ0v) is 12.9. The Hall–Kier alpha value is -1.89. The van der Waals surface area contributed by atoms with Gasteiger partial charge in [-0.25, -0.2) is 4.98 Å². The molecule has 7 heteroatoms. The van der Waals surface area contributed by atoms with Crippen LogP contribution in [0.1, 0.15) is 29.0 Å². The molecule has 1 amide bonds. The molecule has 1 atom stereocenters. The molecule has 2 aliphatic rings. The molecule has 120 valence electrons. The van der Waals surface area contributed by atoms with Crippen molar-refractivity contribution in [2.75, 3.05) is 26.3 Å². The number of amides is 1. The van der Waals surface area contributed by atoms with E-state index in [4.69, 9.17) is 4.74 Å². The third-order valence-corrected chi connectivity index (χ3v) is 5.04. The van der Waals surface area contributed by atoms with Crippen molar-refractivity contribution in [3.8, 4) is 0 Å². The van der Waals surface area contributed by atoms with Crippen LogP contribution in [-0.2, 0) is 16.6 Å². The average Bonchev–Trinajstić information content (AvgIpc) is 3.01. The number of carbonyl (C=O) groups is 2. The fourth-order valence-corrected chi connectivity index (χ4v) is 3.75. The Bertz CT molecular complexity index is 584. The summed E-state index contributed by atoms with van der Waals surface area (Å²) in [5.74, 6) is -1.47. The van der Waals surface area contributed by atoms with Crippen molar-refractivity contribution in [3.63, 3.8) is 0 Å². The van der Waals surface area contributed by atoms with Gasteiger partial charge in [-0.15, -0.1) is 0 Å². The first-order valence-corrected chi connectivity index (χ1v) is 7.52. The van der Waals surface area contributed by atoms with Crippen molar-refractivity contribution in [2.45, 2.75) is 19.8 Å². The second-order valence-electron chi connectivity index (χ2n) is 6.34. The van der Waals surface area contributed by atoms with Gasteiger partial charge in [0.15, 0.2) is 0 Å². The van der Waals surface area contributed by atoms with Gasteiger partial charge >= 0.3 is 5.97 Å². The van der Waals surface area contributed by atoms with Crippen LogP contribution >= 0.6 is 0 Å². The minimum Gasteiger partial charge on any atom is -0.481 e. The number of rotatable bonds is 2. The van der Waals surface area contributed by atoms with Gasteiger partial charge in [0.1, 0.15) is 5.69 Å². The molecule has 22 heavy (non-hydrogen) atoms. The van der Waals surface area contributed by atoms with Crippen LogP contribution in [0.4, 0.5) is 0 Å². The number of aromatic nitrogens is 2. The molecule has 0 aliphatic carbocycles. The van der Waals surface area contributed by atoms with Crippen molar-refractivity contribution in [2.24, 2.45) is 18.4 Å². The van der Waals surface area contributed by atoms with E-state index in [0.29, 0.717) is 44.0 Å². The Morgan fingerprint density at radius 2 is 2.09 bits per heavy atom. The highest BCUT2D eigenvalue weighted by Gasteiger charge is 2.52. The number of carboxylic acids is 1. The fourth-order valence-electron chi connectivity index (χ4n) is 3.75. The predicted molar refractivity (Wildman–Crippen MR) is 77.5 cm³/mol. The third kappa shape index (κ3) is 2.29. The van der Waals surface area contributed by atoms with Crippen molar-refractivity contribution in [1.29, 1.82) is 0 Å². The highest BCUT2D eigenvalue weighted by molar-refractivity contribution is 5.94. The van der Waals surface area contributed by atoms with E-state index >= 15 is 0 Å². The molecular weight excluding hydrogens is 286 g/mol. The van der Waals surface area contributed by atoms with Crippen LogP contribution in [0.2, 0.25) is 0 Å². The van der Waals surface area contributed by atoms with E-state index in [-0.39, 0.29) is 17.9 Å². The van der Waals surface area contributed by atoms with Crippen LogP contribution < -0.4 is 0 Å². The molecule has 0 aromatic carbocycles. The monoisotopic (exact) mass is 307 g/mol. The molecule has 0 bridgehead atoms. The molecule has 1 aromatic heterocycles. The number of aliphatic carboxylic acids is 1. The van der Waals surface area contributed by atoms with E-state index in [1.54, 1.807) is 29.8 Å². The third-order valence-electron chi connectivity index (χ3n) is 5.04. The second-order valence-corrected chi connectivity index (χ2v) is 6.34. The summed E-state index contributed by atoms with van der Waals surface area (Å²) in [4.78, 5) is 30.3. The summed E-state index contributed by atoms with van der Waals surface area (Å²) in [6.45, 7) is 3.67. The van der Waals surface area contributed by atoms with Crippen LogP contribution in [0.3, 0.4) is 0 Å². The standard InChI is InChI=1S/C15H21N3O4/c1-10-12(17(2)9-16-10)13(19)18-7-11(14(20)21)15(8-18)3-5-22-6-4-15/h9,11H,3-8H2,1-2H3,(H,20,21). The zero-order valence-electron chi connectivity index (χ0n) is 12.9. The Balaban J connectivity index is 1.87. The van der Waals surface area contributed by atoms with Crippen LogP contribution in [0.15, 0.2) is 6.33 Å². The van der Waals surface area contributed by atoms with E-state index < -0.39 is 11.9 Å². The van der Waals surface area contributed by atoms with Gasteiger partial charge in [-0.3, -0.25) is 9.59 Å². The predicted octanol–water partition coefficient (Wildman–Crippen LogP) is 0.682. The Morgan fingerprint density at radius 1 is 1.41 bits per heavy atom. The minimum atomic E-state index is -0.820. The number of carboxylic acid groups (broad SMARTS) is 1. The number of hydrogen-bond donors (Lipinski definition) is 1. The van der Waals surface area contributed by atoms with Gasteiger partial charge in [-0.05, 0) is 19.8 Å². The van der Waals surface area contributed by atoms with Gasteiger partial charge in [0.2, 0.25) is 0 Å². The van der Waals surface area contributed by atoms with Gasteiger partial charge in [-0.1, -0.05) is 0 Å². The van der Waals surface area contributed by atoms with Gasteiger partial charge in [0, 0.05) is 38.8 Å². The molecule has 0 saturated carbocycles. The molecule has 3 heterocycles. The van der Waals surface area contributed by atoms with E-state index in [1.165, 1.54) is 0 Å². The molecule has 1 N–H and O–H groups in total. The minimum absolute atomic E-state index is 0.132. The topological polar surface area (TPSA) is 84.7 Å². The van der Waals surface area contributed by atoms with Crippen LogP contribution in [0, 0.1) is 18.3 Å². The maximum Gasteiger partial charge on any atom is 0.308 e. The SMILES string of the molecule is Cc1ncn(C)c1C(=O)N1CC(C(=O)O)C2(CCOCC2)C1. The molecule has 0 radical (unpaired) electrons. The molecule has 2 saturated heterocycles. The average molecular weight is 307 g/mol. The van der Waals surface area contributed by atoms with Crippen molar-refractivity contribution in [3.05, 3.63) is 17.7 Å². The maximum absolute atomic E-state index is 12.8. The summed E-state index contributed by atoms with van der Waals surface area (Å²) < 4.78 is 7.08. The number of aryl methyl sites for hydroxylation is 2. The van der Waals surface area contributed by atoms with Crippen molar-refractivity contribution in [1.82, 2.24) is 14.5 Å². The zero-order chi connectivity index (χ0) is 15.9. The quantitative estimate of drug-likeness (QED) is 0.868. The first-order chi connectivity index (χ1) is 10.4. The fraction of sp³-hybridized carbons (Fsp3) is 0.667. The maximum atomic E-state index is 12.8. The van der Waals surface area contributed by atoms with E-state index in [0.717, 1.165) is 0 Å². The summed E-state index contributed by atoms with van der Waals surface area (Å²) in [5, 5.41) is 9.57. The van der Waals surface area contributed by atoms with Gasteiger partial charge in [0.05, 0.1) is 17.9 Å². The Kier molecular flexibility index (Phi) is 3.68. The van der Waals surface area contributed by atoms with E-state index in [2.05, 4.69) is 4.98 Å². The lowest BCUT2D eigenvalue weighted by Gasteiger charge is -2.36. The lowest BCUT2D eigenvalue weighted by molar-refractivity contribution is -0.146. The van der Waals surface area contributed by atoms with Gasteiger partial charge in [0.25, 0.3) is 5.91 Å². The first-order valence-electron chi connectivity index (χ1n) is 7.52. The smallest absolute Gasteiger partial charge is 0.308 e. The number of nitrogens with zero attached hydrogens (tertiary/aromatic N) is 3. The number of carbonyl (C=O) groups excluding carboxylic acids is 1. The number of likely N-dealkylation sites (tertiary alicyclic amines) is 1. The molecule has 3 rings (SSSR count). The largest absolute Gasteiger partial charge is 0.481 e. The van der Waals surface area contributed by atoms with Crippen molar-refractivity contribution < 1.29 is 19.4 Å². The highest BCUT2D eigenvalue weighted by atomic mass is 16.5. The van der Waals surface area contributed by atoms with Crippen LogP contribution in [-0.4, -0.2) is 57.7 Å². The molecule has 1 spiro atoms. The lowest BCUT2D eigenvalue weighted by Crippen LogP contribution is -2.40. The Morgan fingerprint density at radius 3 is 2.64 bits per heavy atom. The van der Waals surface area contributed by atoms with Gasteiger partial charge < -0.3 is 19.3 Å². The van der Waals surface area contributed by atoms with E-state index in [1.807, 2.05) is 0 Å². The molecule has 2 aliphatic heterocycles. The molecular formula is C15H21N3O4. The van der Waals surface area contributed by atoms with Crippen LogP contribution in [0.25, 0.3) is 0 Å². The molecule has 1 unspecified atom stereocenters. The number of imidazole rings is 1. The van der Waals surface area contributed by atoms with E-state index in [9.17, 15) is 14.7 Å². The number of hydrogen-bond acceptors (Lipinski definition) is 4. The first kappa shape index (κ1) is 15.0. The van der Waals surface area contributed by atoms with Gasteiger partial charge in [-0.2, -0.15) is 0 Å². The molecule has 1 aromatic rings.